The lowest BCUT2D eigenvalue weighted by atomic mass is 10.2. The van der Waals surface area contributed by atoms with E-state index in [1.165, 1.54) is 12.1 Å². The predicted molar refractivity (Wildman–Crippen MR) is 86.8 cm³/mol. The van der Waals surface area contributed by atoms with Crippen molar-refractivity contribution < 1.29 is 9.00 Å². The van der Waals surface area contributed by atoms with Crippen LogP contribution in [0.3, 0.4) is 0 Å². The van der Waals surface area contributed by atoms with Crippen molar-refractivity contribution in [2.45, 2.75) is 26.0 Å². The first-order valence-electron chi connectivity index (χ1n) is 6.15. The maximum absolute atomic E-state index is 12.1. The second kappa shape index (κ2) is 7.29. The molecule has 0 aliphatic carbocycles. The number of amides is 1. The number of nitrogens with two attached hydrogens (primary N) is 1. The van der Waals surface area contributed by atoms with Crippen LogP contribution in [0.1, 0.15) is 20.8 Å². The van der Waals surface area contributed by atoms with Crippen LogP contribution < -0.4 is 11.1 Å². The van der Waals surface area contributed by atoms with Crippen molar-refractivity contribution in [1.82, 2.24) is 0 Å². The molecule has 0 fully saturated rings. The molecule has 0 aliphatic heterocycles. The lowest BCUT2D eigenvalue weighted by Gasteiger charge is -2.15. The van der Waals surface area contributed by atoms with Crippen LogP contribution in [0.5, 0.6) is 0 Å². The number of carbonyl (C=O) groups is 1. The molecule has 0 saturated carbocycles. The Morgan fingerprint density at radius 2 is 1.95 bits per heavy atom. The molecule has 7 heteroatoms. The first kappa shape index (κ1) is 17.3. The third-order valence-electron chi connectivity index (χ3n) is 2.59. The minimum atomic E-state index is -1.24. The summed E-state index contributed by atoms with van der Waals surface area (Å²) >= 11 is 11.8. The number of rotatable bonds is 5. The van der Waals surface area contributed by atoms with Gasteiger partial charge in [0.25, 0.3) is 0 Å². The summed E-state index contributed by atoms with van der Waals surface area (Å²) in [6, 6.07) is 2.99. The molecule has 1 aromatic rings. The Bertz CT molecular complexity index is 512. The van der Waals surface area contributed by atoms with Gasteiger partial charge in [0.2, 0.25) is 5.91 Å². The van der Waals surface area contributed by atoms with Gasteiger partial charge in [0, 0.05) is 21.6 Å². The molecule has 0 aromatic heterocycles. The summed E-state index contributed by atoms with van der Waals surface area (Å²) in [6.07, 6.45) is 0. The smallest absolute Gasteiger partial charge is 0.239 e. The molecule has 3 N–H and O–H groups in total. The molecule has 0 radical (unpaired) electrons. The van der Waals surface area contributed by atoms with E-state index in [-0.39, 0.29) is 22.5 Å². The monoisotopic (exact) mass is 336 g/mol. The first-order chi connectivity index (χ1) is 9.22. The van der Waals surface area contributed by atoms with Crippen LogP contribution in [0.15, 0.2) is 12.1 Å². The molecule has 1 rings (SSSR count). The molecule has 0 heterocycles. The van der Waals surface area contributed by atoms with E-state index >= 15 is 0 Å². The van der Waals surface area contributed by atoms with Crippen molar-refractivity contribution in [2.24, 2.45) is 5.92 Å². The fourth-order valence-electron chi connectivity index (χ4n) is 1.54. The van der Waals surface area contributed by atoms with Gasteiger partial charge < -0.3 is 11.1 Å². The zero-order chi connectivity index (χ0) is 15.4. The van der Waals surface area contributed by atoms with Crippen LogP contribution in [0.25, 0.3) is 0 Å². The molecule has 4 nitrogen and oxygen atoms in total. The lowest BCUT2D eigenvalue weighted by Crippen LogP contribution is -2.31. The fraction of sp³-hybridized carbons (Fsp3) is 0.462. The van der Waals surface area contributed by atoms with E-state index in [0.717, 1.165) is 0 Å². The van der Waals surface area contributed by atoms with E-state index in [1.807, 2.05) is 13.8 Å². The van der Waals surface area contributed by atoms with E-state index in [4.69, 9.17) is 28.9 Å². The quantitative estimate of drug-likeness (QED) is 0.810. The van der Waals surface area contributed by atoms with Crippen molar-refractivity contribution in [3.63, 3.8) is 0 Å². The van der Waals surface area contributed by atoms with Gasteiger partial charge in [0.05, 0.1) is 16.4 Å². The van der Waals surface area contributed by atoms with Gasteiger partial charge in [-0.2, -0.15) is 0 Å². The molecule has 2 unspecified atom stereocenters. The summed E-state index contributed by atoms with van der Waals surface area (Å²) in [5, 5.41) is 2.62. The zero-order valence-electron chi connectivity index (χ0n) is 11.6. The van der Waals surface area contributed by atoms with Gasteiger partial charge in [-0.1, -0.05) is 37.0 Å². The third-order valence-corrected chi connectivity index (χ3v) is 5.11. The Balaban J connectivity index is 2.83. The van der Waals surface area contributed by atoms with Crippen molar-refractivity contribution in [2.75, 3.05) is 16.8 Å². The van der Waals surface area contributed by atoms with Crippen molar-refractivity contribution >= 4 is 51.3 Å². The molecular weight excluding hydrogens is 319 g/mol. The van der Waals surface area contributed by atoms with Gasteiger partial charge in [0.1, 0.15) is 5.25 Å². The number of hydrogen-bond acceptors (Lipinski definition) is 3. The molecule has 0 aliphatic rings. The van der Waals surface area contributed by atoms with E-state index in [9.17, 15) is 9.00 Å². The topological polar surface area (TPSA) is 72.2 Å². The van der Waals surface area contributed by atoms with E-state index in [2.05, 4.69) is 5.32 Å². The minimum Gasteiger partial charge on any atom is -0.397 e. The Morgan fingerprint density at radius 3 is 2.45 bits per heavy atom. The van der Waals surface area contributed by atoms with Crippen LogP contribution in [-0.2, 0) is 15.6 Å². The second-order valence-corrected chi connectivity index (χ2v) is 7.57. The summed E-state index contributed by atoms with van der Waals surface area (Å²) in [4.78, 5) is 12.1. The number of benzene rings is 1. The maximum Gasteiger partial charge on any atom is 0.239 e. The Hall–Kier alpha value is -0.780. The fourth-order valence-corrected chi connectivity index (χ4v) is 3.34. The van der Waals surface area contributed by atoms with E-state index in [0.29, 0.717) is 16.5 Å². The summed E-state index contributed by atoms with van der Waals surface area (Å²) in [5.74, 6) is 0.355. The van der Waals surface area contributed by atoms with Gasteiger partial charge in [-0.3, -0.25) is 9.00 Å². The zero-order valence-corrected chi connectivity index (χ0v) is 13.9. The highest BCUT2D eigenvalue weighted by molar-refractivity contribution is 7.86. The molecule has 0 saturated heterocycles. The number of carbonyl (C=O) groups excluding carboxylic acids is 1. The highest BCUT2D eigenvalue weighted by Crippen LogP contribution is 2.32. The third kappa shape index (κ3) is 4.65. The van der Waals surface area contributed by atoms with Gasteiger partial charge >= 0.3 is 0 Å². The summed E-state index contributed by atoms with van der Waals surface area (Å²) in [6.45, 7) is 5.53. The van der Waals surface area contributed by atoms with Crippen molar-refractivity contribution in [3.8, 4) is 0 Å². The predicted octanol–water partition coefficient (Wildman–Crippen LogP) is 3.31. The van der Waals surface area contributed by atoms with Crippen LogP contribution in [0, 0.1) is 5.92 Å². The largest absolute Gasteiger partial charge is 0.397 e. The van der Waals surface area contributed by atoms with Crippen molar-refractivity contribution in [3.05, 3.63) is 22.2 Å². The average molecular weight is 337 g/mol. The molecular formula is C13H18Cl2N2O2S. The van der Waals surface area contributed by atoms with Crippen LogP contribution in [0.4, 0.5) is 11.4 Å². The van der Waals surface area contributed by atoms with E-state index < -0.39 is 16.0 Å². The van der Waals surface area contributed by atoms with Crippen LogP contribution >= 0.6 is 23.2 Å². The average Bonchev–Trinajstić information content (AvgIpc) is 2.31. The Labute approximate surface area is 131 Å². The number of anilines is 2. The normalized spacial score (nSPS) is 14.1. The summed E-state index contributed by atoms with van der Waals surface area (Å²) in [7, 11) is -1.24. The molecule has 1 amide bonds. The van der Waals surface area contributed by atoms with Gasteiger partial charge in [-0.15, -0.1) is 0 Å². The molecule has 112 valence electrons. The van der Waals surface area contributed by atoms with Gasteiger partial charge in [0.15, 0.2) is 0 Å². The van der Waals surface area contributed by atoms with Gasteiger partial charge in [-0.05, 0) is 25.0 Å². The Kier molecular flexibility index (Phi) is 6.30. The van der Waals surface area contributed by atoms with Gasteiger partial charge in [-0.25, -0.2) is 0 Å². The first-order valence-corrected chi connectivity index (χ1v) is 8.28. The molecule has 1 aromatic carbocycles. The number of halogens is 2. The lowest BCUT2D eigenvalue weighted by molar-refractivity contribution is -0.115. The van der Waals surface area contributed by atoms with Crippen molar-refractivity contribution in [1.29, 1.82) is 0 Å². The summed E-state index contributed by atoms with van der Waals surface area (Å²) in [5.41, 5.74) is 6.34. The standard InChI is InChI=1S/C13H18Cl2N2O2S/c1-7(2)6-20(19)8(3)13(18)17-12-10(15)4-9(14)5-11(12)16/h4-5,7-8H,6,16H2,1-3H3,(H,17,18). The number of nitrogen functional groups attached to an aromatic ring is 1. The SMILES string of the molecule is CC(C)CS(=O)C(C)C(=O)Nc1c(N)cc(Cl)cc1Cl. The molecule has 0 spiro atoms. The van der Waals surface area contributed by atoms with Crippen LogP contribution in [0.2, 0.25) is 10.0 Å². The number of hydrogen-bond donors (Lipinski definition) is 2. The maximum atomic E-state index is 12.1. The summed E-state index contributed by atoms with van der Waals surface area (Å²) < 4.78 is 12.0. The van der Waals surface area contributed by atoms with Crippen LogP contribution in [-0.4, -0.2) is 21.1 Å². The highest BCUT2D eigenvalue weighted by Gasteiger charge is 2.22. The highest BCUT2D eigenvalue weighted by atomic mass is 35.5. The minimum absolute atomic E-state index is 0.255. The van der Waals surface area contributed by atoms with E-state index in [1.54, 1.807) is 6.92 Å². The number of nitrogens with one attached hydrogen (secondary N) is 1. The second-order valence-electron chi connectivity index (χ2n) is 4.92. The molecule has 2 atom stereocenters. The molecule has 0 bridgehead atoms. The Morgan fingerprint density at radius 1 is 1.35 bits per heavy atom. The molecule has 20 heavy (non-hydrogen) atoms.